The molecule has 3 aromatic rings. The van der Waals surface area contributed by atoms with Crippen LogP contribution in [0.3, 0.4) is 0 Å². The van der Waals surface area contributed by atoms with E-state index in [1.165, 1.54) is 5.56 Å². The molecule has 6 nitrogen and oxygen atoms in total. The molecule has 0 radical (unpaired) electrons. The largest absolute Gasteiger partial charge is 0.493 e. The first kappa shape index (κ1) is 27.7. The van der Waals surface area contributed by atoms with Crippen molar-refractivity contribution in [3.8, 4) is 5.75 Å². The van der Waals surface area contributed by atoms with Gasteiger partial charge in [0.2, 0.25) is 0 Å². The average Bonchev–Trinajstić information content (AvgIpc) is 2.90. The summed E-state index contributed by atoms with van der Waals surface area (Å²) in [7, 11) is 0. The fourth-order valence-corrected chi connectivity index (χ4v) is 4.11. The molecule has 0 saturated heterocycles. The van der Waals surface area contributed by atoms with Crippen molar-refractivity contribution in [2.45, 2.75) is 38.6 Å². The molecule has 0 spiro atoms. The molecule has 3 rings (SSSR count). The third-order valence-electron chi connectivity index (χ3n) is 6.11. The smallest absolute Gasteiger partial charge is 0.335 e. The minimum absolute atomic E-state index is 0.243. The van der Waals surface area contributed by atoms with Gasteiger partial charge >= 0.3 is 11.9 Å². The summed E-state index contributed by atoms with van der Waals surface area (Å²) in [4.78, 5) is 24.2. The van der Waals surface area contributed by atoms with Gasteiger partial charge in [-0.25, -0.2) is 9.59 Å². The summed E-state index contributed by atoms with van der Waals surface area (Å²) in [6.45, 7) is 2.42. The second-order valence-electron chi connectivity index (χ2n) is 8.98. The predicted molar refractivity (Wildman–Crippen MR) is 145 cm³/mol. The molecule has 0 aliphatic rings. The number of benzene rings is 3. The van der Waals surface area contributed by atoms with Crippen LogP contribution in [0, 0.1) is 0 Å². The van der Waals surface area contributed by atoms with E-state index < -0.39 is 11.9 Å². The third kappa shape index (κ3) is 10.3. The zero-order valence-corrected chi connectivity index (χ0v) is 21.1. The molecule has 0 unspecified atom stereocenters. The van der Waals surface area contributed by atoms with Gasteiger partial charge in [0.1, 0.15) is 5.75 Å². The first-order valence-corrected chi connectivity index (χ1v) is 12.7. The molecule has 0 aromatic heterocycles. The quantitative estimate of drug-likeness (QED) is 0.189. The Bertz CT molecular complexity index is 1140. The van der Waals surface area contributed by atoms with Gasteiger partial charge in [0, 0.05) is 25.7 Å². The van der Waals surface area contributed by atoms with Gasteiger partial charge in [-0.05, 0) is 67.0 Å². The van der Waals surface area contributed by atoms with Crippen LogP contribution in [-0.4, -0.2) is 46.7 Å². The molecule has 194 valence electrons. The number of rotatable bonds is 16. The van der Waals surface area contributed by atoms with Crippen LogP contribution in [0.2, 0.25) is 0 Å². The number of hydrogen-bond acceptors (Lipinski definition) is 4. The minimum Gasteiger partial charge on any atom is -0.493 e. The van der Waals surface area contributed by atoms with Crippen LogP contribution < -0.4 is 4.74 Å². The van der Waals surface area contributed by atoms with Crippen LogP contribution in [0.25, 0.3) is 0 Å². The number of aliphatic carboxylic acids is 1. The molecule has 0 aliphatic carbocycles. The highest BCUT2D eigenvalue weighted by molar-refractivity contribution is 5.87. The number of carbonyl (C=O) groups is 2. The molecule has 0 bridgehead atoms. The number of unbranched alkanes of at least 4 members (excludes halogenated alkanes) is 2. The van der Waals surface area contributed by atoms with Crippen molar-refractivity contribution < 1.29 is 24.5 Å². The highest BCUT2D eigenvalue weighted by atomic mass is 16.5. The Morgan fingerprint density at radius 2 is 1.51 bits per heavy atom. The minimum atomic E-state index is -0.978. The van der Waals surface area contributed by atoms with Crippen molar-refractivity contribution in [3.63, 3.8) is 0 Å². The van der Waals surface area contributed by atoms with Gasteiger partial charge in [0.25, 0.3) is 0 Å². The third-order valence-corrected chi connectivity index (χ3v) is 6.11. The maximum Gasteiger partial charge on any atom is 0.335 e. The summed E-state index contributed by atoms with van der Waals surface area (Å²) in [6, 6.07) is 25.3. The Hall–Kier alpha value is -3.90. The molecule has 37 heavy (non-hydrogen) atoms. The van der Waals surface area contributed by atoms with Crippen LogP contribution in [0.4, 0.5) is 0 Å². The van der Waals surface area contributed by atoms with Crippen molar-refractivity contribution in [2.75, 3.05) is 19.7 Å². The Morgan fingerprint density at radius 3 is 2.24 bits per heavy atom. The summed E-state index contributed by atoms with van der Waals surface area (Å²) in [5, 5.41) is 18.1. The number of aromatic carboxylic acids is 1. The second kappa shape index (κ2) is 15.3. The first-order valence-electron chi connectivity index (χ1n) is 12.7. The molecule has 0 fully saturated rings. The van der Waals surface area contributed by atoms with Crippen LogP contribution in [0.15, 0.2) is 91.0 Å². The molecular weight excluding hydrogens is 466 g/mol. The van der Waals surface area contributed by atoms with E-state index in [4.69, 9.17) is 14.9 Å². The second-order valence-corrected chi connectivity index (χ2v) is 8.98. The van der Waals surface area contributed by atoms with E-state index >= 15 is 0 Å². The normalized spacial score (nSPS) is 11.2. The summed E-state index contributed by atoms with van der Waals surface area (Å²) in [5.74, 6) is -1.05. The maximum atomic E-state index is 11.1. The summed E-state index contributed by atoms with van der Waals surface area (Å²) in [6.07, 6.45) is 7.87. The molecule has 6 heteroatoms. The number of carboxylic acids is 2. The molecule has 0 amide bonds. The lowest BCUT2D eigenvalue weighted by Crippen LogP contribution is -2.26. The van der Waals surface area contributed by atoms with Gasteiger partial charge in [0.05, 0.1) is 12.2 Å². The van der Waals surface area contributed by atoms with E-state index in [1.807, 2.05) is 24.3 Å². The molecule has 0 saturated carbocycles. The van der Waals surface area contributed by atoms with Crippen LogP contribution in [-0.2, 0) is 24.2 Å². The van der Waals surface area contributed by atoms with E-state index in [2.05, 4.69) is 35.2 Å². The van der Waals surface area contributed by atoms with E-state index in [-0.39, 0.29) is 5.56 Å². The summed E-state index contributed by atoms with van der Waals surface area (Å²) in [5.41, 5.74) is 3.69. The Labute approximate surface area is 218 Å². The summed E-state index contributed by atoms with van der Waals surface area (Å²) < 4.78 is 6.12. The van der Waals surface area contributed by atoms with Crippen LogP contribution >= 0.6 is 0 Å². The van der Waals surface area contributed by atoms with Gasteiger partial charge < -0.3 is 14.9 Å². The number of ether oxygens (including phenoxy) is 1. The van der Waals surface area contributed by atoms with Gasteiger partial charge in [0.15, 0.2) is 0 Å². The van der Waals surface area contributed by atoms with Crippen LogP contribution in [0.1, 0.15) is 46.3 Å². The first-order chi connectivity index (χ1) is 18.0. The van der Waals surface area contributed by atoms with E-state index in [1.54, 1.807) is 30.3 Å². The average molecular weight is 502 g/mol. The van der Waals surface area contributed by atoms with Crippen molar-refractivity contribution in [1.29, 1.82) is 0 Å². The lowest BCUT2D eigenvalue weighted by molar-refractivity contribution is -0.131. The van der Waals surface area contributed by atoms with Crippen molar-refractivity contribution in [1.82, 2.24) is 4.90 Å². The van der Waals surface area contributed by atoms with Crippen molar-refractivity contribution >= 4 is 11.9 Å². The number of carboxylic acid groups (broad SMARTS) is 2. The SMILES string of the molecule is O=C(O)/C=C/CN(CCc1ccccc1OCCCCCc1ccccc1)Cc1ccc(C(=O)O)cc1. The highest BCUT2D eigenvalue weighted by Gasteiger charge is 2.10. The number of nitrogens with zero attached hydrogens (tertiary/aromatic N) is 1. The molecule has 0 heterocycles. The monoisotopic (exact) mass is 501 g/mol. The van der Waals surface area contributed by atoms with E-state index in [0.29, 0.717) is 26.2 Å². The number of para-hydroxylation sites is 1. The highest BCUT2D eigenvalue weighted by Crippen LogP contribution is 2.20. The molecule has 0 aliphatic heterocycles. The lowest BCUT2D eigenvalue weighted by Gasteiger charge is -2.22. The number of hydrogen-bond donors (Lipinski definition) is 2. The fourth-order valence-electron chi connectivity index (χ4n) is 4.11. The van der Waals surface area contributed by atoms with Gasteiger partial charge in [-0.2, -0.15) is 0 Å². The van der Waals surface area contributed by atoms with Crippen molar-refractivity contribution in [2.24, 2.45) is 0 Å². The topological polar surface area (TPSA) is 87.1 Å². The van der Waals surface area contributed by atoms with E-state index in [9.17, 15) is 9.59 Å². The molecule has 2 N–H and O–H groups in total. The molecular formula is C31H35NO5. The zero-order chi connectivity index (χ0) is 26.3. The number of aryl methyl sites for hydroxylation is 1. The Kier molecular flexibility index (Phi) is 11.4. The van der Waals surface area contributed by atoms with Crippen LogP contribution in [0.5, 0.6) is 5.75 Å². The van der Waals surface area contributed by atoms with E-state index in [0.717, 1.165) is 55.1 Å². The lowest BCUT2D eigenvalue weighted by atomic mass is 10.1. The Morgan fingerprint density at radius 1 is 0.784 bits per heavy atom. The predicted octanol–water partition coefficient (Wildman–Crippen LogP) is 5.86. The standard InChI is InChI=1S/C31H35NO5/c33-30(34)15-9-21-32(24-26-16-18-28(19-17-26)31(35)36)22-20-27-13-6-7-14-29(27)37-23-8-2-5-12-25-10-3-1-4-11-25/h1,3-4,6-7,9-11,13-19H,2,5,8,12,20-24H2,(H,33,34)(H,35,36)/b15-9+. The van der Waals surface area contributed by atoms with Gasteiger partial charge in [-0.15, -0.1) is 0 Å². The fraction of sp³-hybridized carbons (Fsp3) is 0.290. The molecule has 0 atom stereocenters. The zero-order valence-electron chi connectivity index (χ0n) is 21.1. The van der Waals surface area contributed by atoms with Crippen molar-refractivity contribution in [3.05, 3.63) is 113 Å². The maximum absolute atomic E-state index is 11.1. The molecule has 3 aromatic carbocycles. The van der Waals surface area contributed by atoms with Gasteiger partial charge in [-0.1, -0.05) is 66.7 Å². The summed E-state index contributed by atoms with van der Waals surface area (Å²) >= 11 is 0. The Balaban J connectivity index is 1.52. The van der Waals surface area contributed by atoms with Gasteiger partial charge in [-0.3, -0.25) is 4.90 Å².